The van der Waals surface area contributed by atoms with Gasteiger partial charge in [-0.05, 0) is 22.7 Å². The fourth-order valence-corrected chi connectivity index (χ4v) is 7.07. The average molecular weight is 562 g/mol. The summed E-state index contributed by atoms with van der Waals surface area (Å²) in [7, 11) is -9.50. The number of nitrogens with zero attached hydrogens (tertiary/aromatic N) is 5. The molecule has 14 nitrogen and oxygen atoms in total. The molecule has 2 aromatic heterocycles. The van der Waals surface area contributed by atoms with Gasteiger partial charge in [0.25, 0.3) is 0 Å². The standard InChI is InChI=1S/C19H22ClN5O9P2/c20-19-22-18(24-6-10-3-1-2-4-11(10)7-24)17-21-5-12(25(17)23-19)16-15(27)14(26)13(34-16)8-33-36(31,32)9-35(28,29)30/h1-5,13-16,26-27H,6-9H2,(H,31,32)(H2,28,29,30). The van der Waals surface area contributed by atoms with E-state index in [2.05, 4.69) is 15.1 Å². The van der Waals surface area contributed by atoms with E-state index in [1.54, 1.807) is 0 Å². The number of ether oxygens (including phenoxy) is 1. The minimum Gasteiger partial charge on any atom is -0.387 e. The number of aliphatic hydroxyl groups excluding tert-OH is 2. The summed E-state index contributed by atoms with van der Waals surface area (Å²) in [5, 5.41) is 25.2. The maximum Gasteiger partial charge on any atom is 0.340 e. The van der Waals surface area contributed by atoms with Gasteiger partial charge in [-0.15, -0.1) is 5.10 Å². The van der Waals surface area contributed by atoms with Crippen LogP contribution in [0.4, 0.5) is 5.82 Å². The summed E-state index contributed by atoms with van der Waals surface area (Å²) >= 11 is 6.20. The number of halogens is 1. The molecule has 0 saturated carbocycles. The average Bonchev–Trinajstić information content (AvgIpc) is 3.47. The van der Waals surface area contributed by atoms with Crippen molar-refractivity contribution in [2.75, 3.05) is 17.4 Å². The molecule has 17 heteroatoms. The lowest BCUT2D eigenvalue weighted by Gasteiger charge is -2.18. The lowest BCUT2D eigenvalue weighted by molar-refractivity contribution is -0.0204. The van der Waals surface area contributed by atoms with Crippen LogP contribution in [0.5, 0.6) is 0 Å². The molecule has 4 heterocycles. The van der Waals surface area contributed by atoms with Crippen LogP contribution in [-0.2, 0) is 31.5 Å². The molecule has 1 aromatic carbocycles. The topological polar surface area (TPSA) is 200 Å². The van der Waals surface area contributed by atoms with Crippen LogP contribution in [0.2, 0.25) is 5.28 Å². The van der Waals surface area contributed by atoms with Crippen LogP contribution in [0.25, 0.3) is 5.65 Å². The fraction of sp³-hybridized carbons (Fsp3) is 0.421. The van der Waals surface area contributed by atoms with E-state index in [1.165, 1.54) is 10.7 Å². The van der Waals surface area contributed by atoms with E-state index in [1.807, 2.05) is 29.2 Å². The molecule has 3 aromatic rings. The van der Waals surface area contributed by atoms with Gasteiger partial charge in [-0.3, -0.25) is 9.13 Å². The zero-order valence-electron chi connectivity index (χ0n) is 18.4. The molecular formula is C19H22ClN5O9P2. The van der Waals surface area contributed by atoms with Crippen molar-refractivity contribution in [3.05, 3.63) is 52.6 Å². The Balaban J connectivity index is 1.38. The van der Waals surface area contributed by atoms with Crippen LogP contribution in [0.1, 0.15) is 22.9 Å². The quantitative estimate of drug-likeness (QED) is 0.254. The van der Waals surface area contributed by atoms with Crippen LogP contribution in [0.15, 0.2) is 30.5 Å². The molecule has 5 atom stereocenters. The molecule has 5 rings (SSSR count). The maximum absolute atomic E-state index is 11.9. The van der Waals surface area contributed by atoms with Crippen molar-refractivity contribution < 1.29 is 43.3 Å². The Morgan fingerprint density at radius 2 is 1.78 bits per heavy atom. The van der Waals surface area contributed by atoms with Crippen LogP contribution in [0.3, 0.4) is 0 Å². The number of hydrogen-bond acceptors (Lipinski definition) is 10. The van der Waals surface area contributed by atoms with E-state index in [-0.39, 0.29) is 11.0 Å². The van der Waals surface area contributed by atoms with Gasteiger partial charge in [0.2, 0.25) is 5.28 Å². The van der Waals surface area contributed by atoms with Crippen molar-refractivity contribution in [2.45, 2.75) is 37.5 Å². The van der Waals surface area contributed by atoms with Gasteiger partial charge < -0.3 is 39.1 Å². The molecular weight excluding hydrogens is 540 g/mol. The van der Waals surface area contributed by atoms with Gasteiger partial charge in [-0.1, -0.05) is 24.3 Å². The third-order valence-electron chi connectivity index (χ3n) is 5.94. The summed E-state index contributed by atoms with van der Waals surface area (Å²) in [6.45, 7) is 0.460. The molecule has 0 radical (unpaired) electrons. The molecule has 0 amide bonds. The third kappa shape index (κ3) is 5.07. The monoisotopic (exact) mass is 561 g/mol. The highest BCUT2D eigenvalue weighted by Gasteiger charge is 2.46. The predicted molar refractivity (Wildman–Crippen MR) is 124 cm³/mol. The second-order valence-electron chi connectivity index (χ2n) is 8.56. The lowest BCUT2D eigenvalue weighted by Crippen LogP contribution is -2.33. The fourth-order valence-electron chi connectivity index (χ4n) is 4.34. The van der Waals surface area contributed by atoms with Crippen molar-refractivity contribution in [1.29, 1.82) is 0 Å². The zero-order chi connectivity index (χ0) is 25.8. The molecule has 2 aliphatic rings. The summed E-state index contributed by atoms with van der Waals surface area (Å²) < 4.78 is 34.7. The third-order valence-corrected chi connectivity index (χ3v) is 9.56. The van der Waals surface area contributed by atoms with Gasteiger partial charge in [0.05, 0.1) is 18.5 Å². The smallest absolute Gasteiger partial charge is 0.340 e. The van der Waals surface area contributed by atoms with E-state index < -0.39 is 52.1 Å². The summed E-state index contributed by atoms with van der Waals surface area (Å²) in [6.07, 6.45) is -4.09. The van der Waals surface area contributed by atoms with Crippen LogP contribution >= 0.6 is 26.8 Å². The number of anilines is 1. The van der Waals surface area contributed by atoms with Gasteiger partial charge in [0.15, 0.2) is 17.4 Å². The largest absolute Gasteiger partial charge is 0.387 e. The van der Waals surface area contributed by atoms with Gasteiger partial charge >= 0.3 is 15.2 Å². The van der Waals surface area contributed by atoms with Crippen molar-refractivity contribution >= 4 is 38.3 Å². The number of aliphatic hydroxyl groups is 2. The van der Waals surface area contributed by atoms with Gasteiger partial charge in [-0.25, -0.2) is 9.50 Å². The zero-order valence-corrected chi connectivity index (χ0v) is 20.9. The molecule has 2 aliphatic heterocycles. The first-order chi connectivity index (χ1) is 16.9. The minimum atomic E-state index is -4.83. The van der Waals surface area contributed by atoms with Crippen molar-refractivity contribution in [3.8, 4) is 0 Å². The molecule has 194 valence electrons. The highest BCUT2D eigenvalue weighted by Crippen LogP contribution is 2.55. The van der Waals surface area contributed by atoms with Crippen LogP contribution in [-0.4, -0.2) is 75.3 Å². The van der Waals surface area contributed by atoms with Crippen molar-refractivity contribution in [2.24, 2.45) is 0 Å². The van der Waals surface area contributed by atoms with E-state index in [9.17, 15) is 24.2 Å². The maximum atomic E-state index is 11.9. The van der Waals surface area contributed by atoms with Crippen molar-refractivity contribution in [3.63, 3.8) is 0 Å². The first kappa shape index (κ1) is 25.7. The Morgan fingerprint density at radius 1 is 1.11 bits per heavy atom. The number of benzene rings is 1. The molecule has 5 N–H and O–H groups in total. The Bertz CT molecular complexity index is 1380. The van der Waals surface area contributed by atoms with Crippen LogP contribution < -0.4 is 4.90 Å². The molecule has 5 unspecified atom stereocenters. The number of fused-ring (bicyclic) bond motifs is 2. The van der Waals surface area contributed by atoms with Gasteiger partial charge in [-0.2, -0.15) is 4.98 Å². The molecule has 0 spiro atoms. The highest BCUT2D eigenvalue weighted by molar-refractivity contribution is 7.70. The number of imidazole rings is 1. The number of rotatable bonds is 7. The Hall–Kier alpha value is -1.96. The molecule has 1 fully saturated rings. The van der Waals surface area contributed by atoms with Crippen LogP contribution in [0, 0.1) is 0 Å². The van der Waals surface area contributed by atoms with Gasteiger partial charge in [0.1, 0.15) is 24.4 Å². The number of hydrogen-bond donors (Lipinski definition) is 5. The second-order valence-corrected chi connectivity index (χ2v) is 12.9. The SMILES string of the molecule is O=P(O)(O)CP(=O)(O)OCC1OC(c2cnc3c(N4Cc5ccccc5C4)nc(Cl)nn23)C(O)C1O. The molecule has 0 aliphatic carbocycles. The molecule has 0 bridgehead atoms. The Morgan fingerprint density at radius 3 is 2.42 bits per heavy atom. The van der Waals surface area contributed by atoms with E-state index in [0.717, 1.165) is 11.1 Å². The first-order valence-corrected chi connectivity index (χ1v) is 14.6. The summed E-state index contributed by atoms with van der Waals surface area (Å²) in [5.41, 5.74) is 2.85. The predicted octanol–water partition coefficient (Wildman–Crippen LogP) is 0.797. The summed E-state index contributed by atoms with van der Waals surface area (Å²) in [6, 6.07) is 7.93. The van der Waals surface area contributed by atoms with E-state index in [0.29, 0.717) is 24.6 Å². The lowest BCUT2D eigenvalue weighted by atomic mass is 10.1. The van der Waals surface area contributed by atoms with E-state index >= 15 is 0 Å². The van der Waals surface area contributed by atoms with Gasteiger partial charge in [0, 0.05) is 13.1 Å². The Kier molecular flexibility index (Phi) is 6.71. The first-order valence-electron chi connectivity index (χ1n) is 10.7. The minimum absolute atomic E-state index is 0.0840. The summed E-state index contributed by atoms with van der Waals surface area (Å²) in [5.74, 6) is -0.926. The highest BCUT2D eigenvalue weighted by atomic mass is 35.5. The normalized spacial score (nSPS) is 25.9. The van der Waals surface area contributed by atoms with E-state index in [4.69, 9.17) is 30.6 Å². The summed E-state index contributed by atoms with van der Waals surface area (Å²) in [4.78, 5) is 38.2. The second kappa shape index (κ2) is 9.41. The number of aromatic nitrogens is 4. The molecule has 1 saturated heterocycles. The molecule has 36 heavy (non-hydrogen) atoms. The van der Waals surface area contributed by atoms with Crippen molar-refractivity contribution in [1.82, 2.24) is 19.6 Å². The Labute approximate surface area is 208 Å².